The van der Waals surface area contributed by atoms with Gasteiger partial charge in [-0.05, 0) is 44.4 Å². The summed E-state index contributed by atoms with van der Waals surface area (Å²) in [6.45, 7) is 3.18. The number of benzene rings is 1. The minimum Gasteiger partial charge on any atom is -0.363 e. The molecule has 1 aromatic carbocycles. The second-order valence-corrected chi connectivity index (χ2v) is 5.17. The minimum absolute atomic E-state index is 0.172. The Morgan fingerprint density at radius 2 is 2.25 bits per heavy atom. The van der Waals surface area contributed by atoms with Crippen LogP contribution in [-0.4, -0.2) is 24.1 Å². The highest BCUT2D eigenvalue weighted by atomic mass is 19.1. The van der Waals surface area contributed by atoms with Gasteiger partial charge >= 0.3 is 0 Å². The molecule has 20 heavy (non-hydrogen) atoms. The Kier molecular flexibility index (Phi) is 4.54. The first kappa shape index (κ1) is 14.7. The van der Waals surface area contributed by atoms with Gasteiger partial charge in [-0.2, -0.15) is 0 Å². The molecule has 6 heteroatoms. The third-order valence-corrected chi connectivity index (χ3v) is 4.11. The quantitative estimate of drug-likeness (QED) is 0.665. The van der Waals surface area contributed by atoms with E-state index in [9.17, 15) is 14.5 Å². The van der Waals surface area contributed by atoms with Crippen LogP contribution in [0.15, 0.2) is 18.2 Å². The summed E-state index contributed by atoms with van der Waals surface area (Å²) >= 11 is 0. The van der Waals surface area contributed by atoms with Crippen molar-refractivity contribution in [3.63, 3.8) is 0 Å². The number of hydrogen-bond donors (Lipinski definition) is 1. The summed E-state index contributed by atoms with van der Waals surface area (Å²) in [6, 6.07) is 3.97. The van der Waals surface area contributed by atoms with Gasteiger partial charge in [0.25, 0.3) is 5.69 Å². The summed E-state index contributed by atoms with van der Waals surface area (Å²) in [5.41, 5.74) is 6.11. The Balaban J connectivity index is 2.39. The summed E-state index contributed by atoms with van der Waals surface area (Å²) in [5, 5.41) is 11.1. The molecule has 0 aliphatic heterocycles. The van der Waals surface area contributed by atoms with Crippen LogP contribution >= 0.6 is 0 Å². The predicted molar refractivity (Wildman–Crippen MR) is 76.3 cm³/mol. The van der Waals surface area contributed by atoms with Gasteiger partial charge in [-0.15, -0.1) is 0 Å². The van der Waals surface area contributed by atoms with Crippen LogP contribution in [0.4, 0.5) is 15.8 Å². The molecule has 2 unspecified atom stereocenters. The Labute approximate surface area is 117 Å². The van der Waals surface area contributed by atoms with Crippen LogP contribution in [0.2, 0.25) is 0 Å². The molecule has 1 saturated carbocycles. The third kappa shape index (κ3) is 2.75. The van der Waals surface area contributed by atoms with Crippen LogP contribution in [0.25, 0.3) is 0 Å². The van der Waals surface area contributed by atoms with Crippen LogP contribution in [0.5, 0.6) is 0 Å². The maximum Gasteiger partial charge on any atom is 0.295 e. The van der Waals surface area contributed by atoms with E-state index in [1.807, 2.05) is 11.8 Å². The molecule has 2 N–H and O–H groups in total. The Bertz CT molecular complexity index is 495. The largest absolute Gasteiger partial charge is 0.363 e. The number of nitrogens with two attached hydrogens (primary N) is 1. The molecule has 1 fully saturated rings. The molecule has 2 rings (SSSR count). The van der Waals surface area contributed by atoms with Crippen molar-refractivity contribution in [1.29, 1.82) is 0 Å². The average Bonchev–Trinajstić information content (AvgIpc) is 2.89. The van der Waals surface area contributed by atoms with E-state index in [1.165, 1.54) is 12.1 Å². The van der Waals surface area contributed by atoms with E-state index in [2.05, 4.69) is 0 Å². The molecule has 0 radical (unpaired) electrons. The third-order valence-electron chi connectivity index (χ3n) is 4.11. The molecular formula is C14H20FN3O2. The maximum absolute atomic E-state index is 13.3. The fourth-order valence-corrected chi connectivity index (χ4v) is 3.17. The van der Waals surface area contributed by atoms with E-state index in [4.69, 9.17) is 5.73 Å². The average molecular weight is 281 g/mol. The van der Waals surface area contributed by atoms with Crippen LogP contribution < -0.4 is 10.6 Å². The summed E-state index contributed by atoms with van der Waals surface area (Å²) in [5.74, 6) is -0.238. The standard InChI is InChI=1S/C14H20FN3O2/c1-2-17(12-5-3-4-10(12)9-16)13-7-6-11(15)8-14(13)18(19)20/h6-8,10,12H,2-5,9,16H2,1H3. The van der Waals surface area contributed by atoms with Gasteiger partial charge in [0.2, 0.25) is 0 Å². The van der Waals surface area contributed by atoms with Crippen LogP contribution in [-0.2, 0) is 0 Å². The number of nitro benzene ring substituents is 1. The van der Waals surface area contributed by atoms with E-state index in [-0.39, 0.29) is 11.7 Å². The molecule has 1 aromatic rings. The van der Waals surface area contributed by atoms with Crippen LogP contribution in [0, 0.1) is 21.8 Å². The zero-order valence-corrected chi connectivity index (χ0v) is 11.6. The molecule has 1 aliphatic carbocycles. The van der Waals surface area contributed by atoms with Crippen molar-refractivity contribution < 1.29 is 9.31 Å². The minimum atomic E-state index is -0.585. The normalized spacial score (nSPS) is 21.9. The lowest BCUT2D eigenvalue weighted by atomic mass is 10.0. The summed E-state index contributed by atoms with van der Waals surface area (Å²) in [6.07, 6.45) is 3.11. The maximum atomic E-state index is 13.3. The molecule has 0 spiro atoms. The molecule has 0 saturated heterocycles. The lowest BCUT2D eigenvalue weighted by Gasteiger charge is -2.33. The van der Waals surface area contributed by atoms with Crippen LogP contribution in [0.3, 0.4) is 0 Å². The Hall–Kier alpha value is -1.69. The first-order chi connectivity index (χ1) is 9.58. The molecule has 0 bridgehead atoms. The molecule has 1 aliphatic rings. The van der Waals surface area contributed by atoms with E-state index >= 15 is 0 Å². The van der Waals surface area contributed by atoms with Gasteiger partial charge in [-0.3, -0.25) is 10.1 Å². The number of nitrogens with zero attached hydrogens (tertiary/aromatic N) is 2. The molecule has 0 heterocycles. The molecule has 2 atom stereocenters. The van der Waals surface area contributed by atoms with Crippen molar-refractivity contribution in [3.8, 4) is 0 Å². The summed E-state index contributed by atoms with van der Waals surface area (Å²) in [7, 11) is 0. The highest BCUT2D eigenvalue weighted by Gasteiger charge is 2.33. The fourth-order valence-electron chi connectivity index (χ4n) is 3.17. The van der Waals surface area contributed by atoms with Gasteiger partial charge in [0, 0.05) is 12.6 Å². The van der Waals surface area contributed by atoms with Crippen molar-refractivity contribution in [1.82, 2.24) is 0 Å². The number of halogens is 1. The molecule has 0 amide bonds. The van der Waals surface area contributed by atoms with E-state index < -0.39 is 10.7 Å². The number of hydrogen-bond acceptors (Lipinski definition) is 4. The van der Waals surface area contributed by atoms with E-state index in [0.717, 1.165) is 25.3 Å². The lowest BCUT2D eigenvalue weighted by Crippen LogP contribution is -2.40. The van der Waals surface area contributed by atoms with Gasteiger partial charge in [-0.25, -0.2) is 4.39 Å². The fraction of sp³-hybridized carbons (Fsp3) is 0.571. The first-order valence-electron chi connectivity index (χ1n) is 6.99. The number of anilines is 1. The van der Waals surface area contributed by atoms with Crippen molar-refractivity contribution in [3.05, 3.63) is 34.1 Å². The SMILES string of the molecule is CCN(c1ccc(F)cc1[N+](=O)[O-])C1CCCC1CN. The van der Waals surface area contributed by atoms with Crippen molar-refractivity contribution >= 4 is 11.4 Å². The monoisotopic (exact) mass is 281 g/mol. The Morgan fingerprint density at radius 3 is 2.85 bits per heavy atom. The number of nitro groups is 1. The zero-order chi connectivity index (χ0) is 14.7. The van der Waals surface area contributed by atoms with Gasteiger partial charge in [0.05, 0.1) is 11.0 Å². The lowest BCUT2D eigenvalue weighted by molar-refractivity contribution is -0.384. The van der Waals surface area contributed by atoms with Gasteiger partial charge in [0.15, 0.2) is 0 Å². The smallest absolute Gasteiger partial charge is 0.295 e. The second-order valence-electron chi connectivity index (χ2n) is 5.17. The molecule has 110 valence electrons. The highest BCUT2D eigenvalue weighted by molar-refractivity contribution is 5.64. The number of rotatable bonds is 5. The highest BCUT2D eigenvalue weighted by Crippen LogP contribution is 2.36. The predicted octanol–water partition coefficient (Wildman–Crippen LogP) is 2.69. The van der Waals surface area contributed by atoms with Gasteiger partial charge in [-0.1, -0.05) is 6.42 Å². The summed E-state index contributed by atoms with van der Waals surface area (Å²) in [4.78, 5) is 12.6. The van der Waals surface area contributed by atoms with Crippen molar-refractivity contribution in [2.75, 3.05) is 18.0 Å². The Morgan fingerprint density at radius 1 is 1.50 bits per heavy atom. The first-order valence-corrected chi connectivity index (χ1v) is 6.99. The molecule has 5 nitrogen and oxygen atoms in total. The van der Waals surface area contributed by atoms with E-state index in [0.29, 0.717) is 24.7 Å². The second kappa shape index (κ2) is 6.17. The van der Waals surface area contributed by atoms with Crippen molar-refractivity contribution in [2.24, 2.45) is 11.7 Å². The van der Waals surface area contributed by atoms with Gasteiger partial charge < -0.3 is 10.6 Å². The summed E-state index contributed by atoms with van der Waals surface area (Å²) < 4.78 is 13.3. The van der Waals surface area contributed by atoms with Crippen molar-refractivity contribution in [2.45, 2.75) is 32.2 Å². The van der Waals surface area contributed by atoms with Gasteiger partial charge in [0.1, 0.15) is 11.5 Å². The zero-order valence-electron chi connectivity index (χ0n) is 11.6. The molecule has 0 aromatic heterocycles. The topological polar surface area (TPSA) is 72.4 Å². The molecular weight excluding hydrogens is 261 g/mol. The van der Waals surface area contributed by atoms with E-state index in [1.54, 1.807) is 0 Å². The van der Waals surface area contributed by atoms with Crippen LogP contribution in [0.1, 0.15) is 26.2 Å².